The topological polar surface area (TPSA) is 18.5 Å². The highest BCUT2D eigenvalue weighted by Gasteiger charge is 2.24. The van der Waals surface area contributed by atoms with Crippen LogP contribution in [0.5, 0.6) is 0 Å². The summed E-state index contributed by atoms with van der Waals surface area (Å²) >= 11 is 0. The van der Waals surface area contributed by atoms with Gasteiger partial charge in [0.25, 0.3) is 0 Å². The third kappa shape index (κ3) is 3.31. The van der Waals surface area contributed by atoms with Crippen LogP contribution < -0.4 is 10.2 Å². The molecule has 2 heterocycles. The van der Waals surface area contributed by atoms with Crippen LogP contribution in [0.25, 0.3) is 0 Å². The summed E-state index contributed by atoms with van der Waals surface area (Å²) in [4.78, 5) is 4.61. The fourth-order valence-electron chi connectivity index (χ4n) is 3.42. The zero-order valence-electron chi connectivity index (χ0n) is 13.1. The lowest BCUT2D eigenvalue weighted by Gasteiger charge is -2.22. The van der Waals surface area contributed by atoms with Gasteiger partial charge in [0, 0.05) is 44.0 Å². The number of likely N-dealkylation sites (tertiary alicyclic amines) is 1. The van der Waals surface area contributed by atoms with Crippen LogP contribution in [0, 0.1) is 5.82 Å². The smallest absolute Gasteiger partial charge is 0.148 e. The van der Waals surface area contributed by atoms with Crippen molar-refractivity contribution in [3.05, 3.63) is 24.0 Å². The van der Waals surface area contributed by atoms with Crippen molar-refractivity contribution >= 4 is 11.4 Å². The van der Waals surface area contributed by atoms with E-state index < -0.39 is 0 Å². The minimum atomic E-state index is -0.0967. The monoisotopic (exact) mass is 291 g/mol. The zero-order valence-corrected chi connectivity index (χ0v) is 13.1. The molecule has 0 saturated carbocycles. The van der Waals surface area contributed by atoms with Crippen LogP contribution in [0.4, 0.5) is 15.8 Å². The molecule has 2 aliphatic rings. The minimum Gasteiger partial charge on any atom is -0.381 e. The summed E-state index contributed by atoms with van der Waals surface area (Å²) in [5.41, 5.74) is 1.67. The Morgan fingerprint density at radius 1 is 1.19 bits per heavy atom. The molecular weight excluding hydrogens is 265 g/mol. The van der Waals surface area contributed by atoms with E-state index >= 15 is 0 Å². The Bertz CT molecular complexity index is 483. The van der Waals surface area contributed by atoms with E-state index in [4.69, 9.17) is 0 Å². The number of anilines is 2. The zero-order chi connectivity index (χ0) is 14.8. The molecular formula is C17H26FN3. The van der Waals surface area contributed by atoms with Gasteiger partial charge in [-0.15, -0.1) is 0 Å². The first kappa shape index (κ1) is 14.6. The van der Waals surface area contributed by atoms with E-state index in [1.807, 2.05) is 12.1 Å². The molecule has 3 nitrogen and oxygen atoms in total. The maximum absolute atomic E-state index is 14.3. The summed E-state index contributed by atoms with van der Waals surface area (Å²) in [6.45, 7) is 8.60. The Kier molecular flexibility index (Phi) is 4.34. The first-order valence-corrected chi connectivity index (χ1v) is 8.18. The molecule has 2 fully saturated rings. The van der Waals surface area contributed by atoms with Gasteiger partial charge in [-0.1, -0.05) is 0 Å². The van der Waals surface area contributed by atoms with Gasteiger partial charge in [-0.05, 0) is 51.3 Å². The predicted molar refractivity (Wildman–Crippen MR) is 86.6 cm³/mol. The molecule has 0 aliphatic carbocycles. The molecule has 0 aromatic heterocycles. The van der Waals surface area contributed by atoms with Gasteiger partial charge >= 0.3 is 0 Å². The Morgan fingerprint density at radius 2 is 1.95 bits per heavy atom. The second-order valence-corrected chi connectivity index (χ2v) is 6.58. The molecule has 0 amide bonds. The highest BCUT2D eigenvalue weighted by Crippen LogP contribution is 2.27. The molecule has 1 unspecified atom stereocenters. The fraction of sp³-hybridized carbons (Fsp3) is 0.647. The number of hydrogen-bond acceptors (Lipinski definition) is 3. The van der Waals surface area contributed by atoms with E-state index in [0.717, 1.165) is 44.0 Å². The molecule has 1 N–H and O–H groups in total. The molecule has 4 heteroatoms. The van der Waals surface area contributed by atoms with E-state index in [2.05, 4.69) is 29.0 Å². The molecule has 116 valence electrons. The van der Waals surface area contributed by atoms with Crippen molar-refractivity contribution in [2.75, 3.05) is 36.4 Å². The average Bonchev–Trinajstić information content (AvgIpc) is 3.09. The van der Waals surface area contributed by atoms with Crippen LogP contribution in [0.15, 0.2) is 18.2 Å². The van der Waals surface area contributed by atoms with Gasteiger partial charge < -0.3 is 10.2 Å². The molecule has 2 saturated heterocycles. The van der Waals surface area contributed by atoms with Crippen LogP contribution in [-0.4, -0.2) is 43.2 Å². The molecule has 1 atom stereocenters. The van der Waals surface area contributed by atoms with E-state index in [-0.39, 0.29) is 5.82 Å². The fourth-order valence-corrected chi connectivity index (χ4v) is 3.42. The number of nitrogens with one attached hydrogen (secondary N) is 1. The lowest BCUT2D eigenvalue weighted by molar-refractivity contribution is 0.274. The molecule has 1 aromatic rings. The van der Waals surface area contributed by atoms with Crippen molar-refractivity contribution in [1.29, 1.82) is 0 Å². The van der Waals surface area contributed by atoms with Crippen molar-refractivity contribution in [3.63, 3.8) is 0 Å². The molecule has 1 aromatic carbocycles. The van der Waals surface area contributed by atoms with Gasteiger partial charge in [0.05, 0.1) is 5.69 Å². The van der Waals surface area contributed by atoms with Gasteiger partial charge in [-0.2, -0.15) is 0 Å². The third-order valence-corrected chi connectivity index (χ3v) is 4.72. The normalized spacial score (nSPS) is 23.2. The minimum absolute atomic E-state index is 0.0967. The average molecular weight is 291 g/mol. The highest BCUT2D eigenvalue weighted by molar-refractivity contribution is 5.57. The predicted octanol–water partition coefficient (Wildman–Crippen LogP) is 3.32. The Hall–Kier alpha value is -1.29. The summed E-state index contributed by atoms with van der Waals surface area (Å²) in [7, 11) is 0. The molecule has 0 radical (unpaired) electrons. The van der Waals surface area contributed by atoms with Gasteiger partial charge in [-0.25, -0.2) is 4.39 Å². The van der Waals surface area contributed by atoms with Gasteiger partial charge in [0.2, 0.25) is 0 Å². The van der Waals surface area contributed by atoms with E-state index in [9.17, 15) is 4.39 Å². The molecule has 0 spiro atoms. The second kappa shape index (κ2) is 6.22. The largest absolute Gasteiger partial charge is 0.381 e. The lowest BCUT2D eigenvalue weighted by atomic mass is 10.2. The third-order valence-electron chi connectivity index (χ3n) is 4.72. The van der Waals surface area contributed by atoms with Crippen LogP contribution in [0.2, 0.25) is 0 Å². The van der Waals surface area contributed by atoms with Gasteiger partial charge in [0.1, 0.15) is 5.82 Å². The van der Waals surface area contributed by atoms with Crippen LogP contribution in [0.1, 0.15) is 33.1 Å². The van der Waals surface area contributed by atoms with Crippen LogP contribution in [0.3, 0.4) is 0 Å². The number of hydrogen-bond donors (Lipinski definition) is 1. The maximum Gasteiger partial charge on any atom is 0.148 e. The number of rotatable bonds is 4. The maximum atomic E-state index is 14.3. The van der Waals surface area contributed by atoms with E-state index in [1.54, 1.807) is 6.07 Å². The molecule has 0 bridgehead atoms. The van der Waals surface area contributed by atoms with Crippen LogP contribution in [-0.2, 0) is 0 Å². The van der Waals surface area contributed by atoms with Crippen molar-refractivity contribution < 1.29 is 4.39 Å². The summed E-state index contributed by atoms with van der Waals surface area (Å²) in [6.07, 6.45) is 3.48. The first-order valence-electron chi connectivity index (χ1n) is 8.18. The summed E-state index contributed by atoms with van der Waals surface area (Å²) in [6, 6.07) is 6.63. The van der Waals surface area contributed by atoms with Crippen molar-refractivity contribution in [2.24, 2.45) is 0 Å². The number of nitrogens with zero attached hydrogens (tertiary/aromatic N) is 2. The molecule has 3 rings (SSSR count). The Morgan fingerprint density at radius 3 is 2.57 bits per heavy atom. The SMILES string of the molecule is CC(C)N1CCC(Nc2ccc(N3CCCC3)c(F)c2)C1. The number of benzene rings is 1. The Balaban J connectivity index is 1.63. The standard InChI is InChI=1S/C17H26FN3/c1-13(2)21-10-7-15(12-21)19-14-5-6-17(16(18)11-14)20-8-3-4-9-20/h5-6,11,13,15,19H,3-4,7-10,12H2,1-2H3. The van der Waals surface area contributed by atoms with Gasteiger partial charge in [0.15, 0.2) is 0 Å². The van der Waals surface area contributed by atoms with Crippen LogP contribution >= 0.6 is 0 Å². The molecule has 2 aliphatic heterocycles. The Labute approximate surface area is 127 Å². The summed E-state index contributed by atoms with van der Waals surface area (Å²) in [5, 5.41) is 3.48. The summed E-state index contributed by atoms with van der Waals surface area (Å²) in [5.74, 6) is -0.0967. The van der Waals surface area contributed by atoms with Gasteiger partial charge in [-0.3, -0.25) is 4.90 Å². The lowest BCUT2D eigenvalue weighted by Crippen LogP contribution is -2.31. The van der Waals surface area contributed by atoms with Crippen molar-refractivity contribution in [3.8, 4) is 0 Å². The van der Waals surface area contributed by atoms with Crippen molar-refractivity contribution in [1.82, 2.24) is 4.90 Å². The second-order valence-electron chi connectivity index (χ2n) is 6.58. The van der Waals surface area contributed by atoms with E-state index in [0.29, 0.717) is 12.1 Å². The molecule has 21 heavy (non-hydrogen) atoms. The quantitative estimate of drug-likeness (QED) is 0.918. The summed E-state index contributed by atoms with van der Waals surface area (Å²) < 4.78 is 14.3. The van der Waals surface area contributed by atoms with E-state index in [1.165, 1.54) is 12.8 Å². The first-order chi connectivity index (χ1) is 10.1. The number of halogens is 1. The highest BCUT2D eigenvalue weighted by atomic mass is 19.1. The van der Waals surface area contributed by atoms with Crippen molar-refractivity contribution in [2.45, 2.75) is 45.2 Å².